The number of carboxylic acids is 3. The lowest BCUT2D eigenvalue weighted by molar-refractivity contribution is -0.149. The molecule has 1 heterocycles. The average Bonchev–Trinajstić information content (AvgIpc) is 2.71. The molecule has 0 radical (unpaired) electrons. The summed E-state index contributed by atoms with van der Waals surface area (Å²) in [5.74, 6) is -5.65. The predicted molar refractivity (Wildman–Crippen MR) is 101 cm³/mol. The van der Waals surface area contributed by atoms with Gasteiger partial charge in [-0.05, 0) is 0 Å². The minimum atomic E-state index is -1.89. The van der Waals surface area contributed by atoms with E-state index in [4.69, 9.17) is 20.1 Å². The van der Waals surface area contributed by atoms with Crippen molar-refractivity contribution in [2.45, 2.75) is 49.8 Å². The summed E-state index contributed by atoms with van der Waals surface area (Å²) in [5.41, 5.74) is -0.0241. The summed E-state index contributed by atoms with van der Waals surface area (Å²) in [4.78, 5) is 40.2. The molecule has 0 aliphatic rings. The highest BCUT2D eigenvalue weighted by Crippen LogP contribution is 2.28. The Kier molecular flexibility index (Phi) is 11.0. The van der Waals surface area contributed by atoms with Crippen LogP contribution in [0.2, 0.25) is 0 Å². The van der Waals surface area contributed by atoms with Crippen LogP contribution >= 0.6 is 0 Å². The number of hydrogen-bond acceptors (Lipinski definition) is 11. The number of hydrogen-bond donors (Lipinski definition) is 8. The van der Waals surface area contributed by atoms with E-state index < -0.39 is 80.4 Å². The van der Waals surface area contributed by atoms with Crippen molar-refractivity contribution in [1.29, 1.82) is 0 Å². The Labute approximate surface area is 181 Å². The van der Waals surface area contributed by atoms with E-state index in [9.17, 15) is 39.9 Å². The largest absolute Gasteiger partial charge is 0.481 e. The third-order valence-electron chi connectivity index (χ3n) is 4.51. The van der Waals surface area contributed by atoms with Crippen molar-refractivity contribution in [3.05, 3.63) is 23.8 Å². The maximum Gasteiger partial charge on any atom is 0.329 e. The number of aliphatic carboxylic acids is 3. The number of carbonyl (C=O) groups is 3. The molecule has 0 aliphatic heterocycles. The van der Waals surface area contributed by atoms with Crippen molar-refractivity contribution in [2.75, 3.05) is 13.2 Å². The van der Waals surface area contributed by atoms with Gasteiger partial charge in [-0.2, -0.15) is 0 Å². The number of aromatic nitrogens is 2. The van der Waals surface area contributed by atoms with Crippen LogP contribution in [0.1, 0.15) is 30.3 Å². The minimum Gasteiger partial charge on any atom is -0.481 e. The van der Waals surface area contributed by atoms with Crippen molar-refractivity contribution in [3.63, 3.8) is 0 Å². The summed E-state index contributed by atoms with van der Waals surface area (Å²) in [7, 11) is 0. The summed E-state index contributed by atoms with van der Waals surface area (Å²) < 4.78 is 4.86. The molecule has 0 spiro atoms. The molecule has 14 heteroatoms. The van der Waals surface area contributed by atoms with E-state index in [1.165, 1.54) is 0 Å². The van der Waals surface area contributed by atoms with Gasteiger partial charge in [0, 0.05) is 18.5 Å². The summed E-state index contributed by atoms with van der Waals surface area (Å²) >= 11 is 0. The summed E-state index contributed by atoms with van der Waals surface area (Å²) in [6, 6.07) is 0. The minimum absolute atomic E-state index is 0.159. The number of ether oxygens (including phenoxy) is 1. The third-order valence-corrected chi connectivity index (χ3v) is 4.51. The predicted octanol–water partition coefficient (Wildman–Crippen LogP) is -2.84. The van der Waals surface area contributed by atoms with Crippen molar-refractivity contribution in [1.82, 2.24) is 9.97 Å². The fourth-order valence-electron chi connectivity index (χ4n) is 2.86. The van der Waals surface area contributed by atoms with Crippen LogP contribution in [-0.4, -0.2) is 106 Å². The molecule has 1 aromatic rings. The van der Waals surface area contributed by atoms with Gasteiger partial charge in [-0.25, -0.2) is 4.79 Å². The van der Waals surface area contributed by atoms with Gasteiger partial charge < -0.3 is 45.6 Å². The molecular weight excluding hydrogens is 436 g/mol. The number of aliphatic hydroxyl groups excluding tert-OH is 5. The van der Waals surface area contributed by atoms with Crippen LogP contribution in [0.15, 0.2) is 12.4 Å². The highest BCUT2D eigenvalue weighted by molar-refractivity contribution is 5.68. The zero-order chi connectivity index (χ0) is 24.4. The maximum absolute atomic E-state index is 11.1. The average molecular weight is 462 g/mol. The van der Waals surface area contributed by atoms with E-state index in [-0.39, 0.29) is 17.8 Å². The quantitative estimate of drug-likeness (QED) is 0.131. The second kappa shape index (κ2) is 12.9. The van der Waals surface area contributed by atoms with E-state index in [2.05, 4.69) is 9.97 Å². The molecule has 0 amide bonds. The Balaban J connectivity index is 2.91. The lowest BCUT2D eigenvalue weighted by Gasteiger charge is -2.28. The highest BCUT2D eigenvalue weighted by Gasteiger charge is 2.36. The summed E-state index contributed by atoms with van der Waals surface area (Å²) in [5, 5.41) is 76.1. The van der Waals surface area contributed by atoms with Crippen molar-refractivity contribution in [3.8, 4) is 0 Å². The van der Waals surface area contributed by atoms with Gasteiger partial charge in [0.05, 0.1) is 55.3 Å². The first-order valence-corrected chi connectivity index (χ1v) is 9.37. The third kappa shape index (κ3) is 8.78. The van der Waals surface area contributed by atoms with E-state index in [0.717, 1.165) is 12.4 Å². The number of aliphatic hydroxyl groups is 5. The molecule has 0 saturated carbocycles. The van der Waals surface area contributed by atoms with Gasteiger partial charge in [-0.1, -0.05) is 0 Å². The van der Waals surface area contributed by atoms with Crippen LogP contribution in [0.25, 0.3) is 0 Å². The molecule has 14 nitrogen and oxygen atoms in total. The standard InChI is InChI=1S/C18H26N2O12/c21-6-13(32-7-16(28)29)11(22)1-8-4-20-10(5-19-8)17(30)9(2-14(24)25)18(31)12(23)3-15(26)27/h4-5,9,11-13,17-18,21-23,30-31H,1-3,6-7H2,(H,24,25)(H,26,27)(H,28,29)/t9-,11-,12-,13-,17?,18-/m0/s1. The molecule has 0 aliphatic carbocycles. The van der Waals surface area contributed by atoms with Gasteiger partial charge in [0.25, 0.3) is 0 Å². The van der Waals surface area contributed by atoms with Gasteiger partial charge in [0.1, 0.15) is 18.8 Å². The van der Waals surface area contributed by atoms with Gasteiger partial charge in [0.15, 0.2) is 0 Å². The Morgan fingerprint density at radius 3 is 1.97 bits per heavy atom. The molecule has 0 aromatic carbocycles. The topological polar surface area (TPSA) is 248 Å². The molecule has 0 bridgehead atoms. The SMILES string of the molecule is O=C(O)CO[C@@H](CO)[C@@H](O)Cc1cnc(C(O)[C@H](CC(=O)O)[C@H](O)[C@@H](O)CC(=O)O)cn1. The normalized spacial score (nSPS) is 17.0. The molecule has 180 valence electrons. The van der Waals surface area contributed by atoms with Gasteiger partial charge in [0.2, 0.25) is 0 Å². The highest BCUT2D eigenvalue weighted by atomic mass is 16.5. The fraction of sp³-hybridized carbons (Fsp3) is 0.611. The first-order valence-electron chi connectivity index (χ1n) is 9.37. The van der Waals surface area contributed by atoms with Gasteiger partial charge in [-0.3, -0.25) is 19.6 Å². The van der Waals surface area contributed by atoms with Crippen LogP contribution in [0, 0.1) is 5.92 Å². The molecule has 1 rings (SSSR count). The zero-order valence-electron chi connectivity index (χ0n) is 16.8. The number of nitrogens with zero attached hydrogens (tertiary/aromatic N) is 2. The summed E-state index contributed by atoms with van der Waals surface area (Å²) in [6.45, 7) is -1.40. The van der Waals surface area contributed by atoms with Crippen molar-refractivity contribution < 1.29 is 60.0 Å². The van der Waals surface area contributed by atoms with E-state index >= 15 is 0 Å². The Bertz CT molecular complexity index is 759. The molecule has 8 N–H and O–H groups in total. The second-order valence-corrected chi connectivity index (χ2v) is 6.99. The molecule has 0 fully saturated rings. The lowest BCUT2D eigenvalue weighted by atomic mass is 9.87. The smallest absolute Gasteiger partial charge is 0.329 e. The Morgan fingerprint density at radius 1 is 0.875 bits per heavy atom. The Morgan fingerprint density at radius 2 is 1.50 bits per heavy atom. The van der Waals surface area contributed by atoms with Crippen LogP contribution in [0.3, 0.4) is 0 Å². The first-order chi connectivity index (χ1) is 15.0. The van der Waals surface area contributed by atoms with Crippen LogP contribution in [0.5, 0.6) is 0 Å². The van der Waals surface area contributed by atoms with Gasteiger partial charge in [-0.15, -0.1) is 0 Å². The number of rotatable bonds is 15. The van der Waals surface area contributed by atoms with Crippen LogP contribution in [0.4, 0.5) is 0 Å². The molecular formula is C18H26N2O12. The Hall–Kier alpha value is -2.75. The molecule has 6 atom stereocenters. The zero-order valence-corrected chi connectivity index (χ0v) is 16.8. The molecule has 0 saturated heterocycles. The molecule has 1 unspecified atom stereocenters. The lowest BCUT2D eigenvalue weighted by Crippen LogP contribution is -2.39. The fourth-order valence-corrected chi connectivity index (χ4v) is 2.86. The van der Waals surface area contributed by atoms with E-state index in [1.807, 2.05) is 0 Å². The van der Waals surface area contributed by atoms with Crippen molar-refractivity contribution >= 4 is 17.9 Å². The first kappa shape index (κ1) is 27.3. The summed E-state index contributed by atoms with van der Waals surface area (Å²) in [6.07, 6.45) is -7.72. The van der Waals surface area contributed by atoms with Crippen LogP contribution < -0.4 is 0 Å². The maximum atomic E-state index is 11.1. The van der Waals surface area contributed by atoms with Crippen molar-refractivity contribution in [2.24, 2.45) is 5.92 Å². The monoisotopic (exact) mass is 462 g/mol. The van der Waals surface area contributed by atoms with E-state index in [0.29, 0.717) is 0 Å². The second-order valence-electron chi connectivity index (χ2n) is 6.99. The van der Waals surface area contributed by atoms with Crippen LogP contribution in [-0.2, 0) is 25.5 Å². The molecule has 32 heavy (non-hydrogen) atoms. The number of carboxylic acid groups (broad SMARTS) is 3. The van der Waals surface area contributed by atoms with Gasteiger partial charge >= 0.3 is 17.9 Å². The molecule has 1 aromatic heterocycles. The van der Waals surface area contributed by atoms with E-state index in [1.54, 1.807) is 0 Å².